The molecule has 0 saturated heterocycles. The zero-order chi connectivity index (χ0) is 21.9. The zero-order valence-electron chi connectivity index (χ0n) is 18.3. The second-order valence-corrected chi connectivity index (χ2v) is 8.86. The summed E-state index contributed by atoms with van der Waals surface area (Å²) in [6, 6.07) is 1.94. The Morgan fingerprint density at radius 3 is 2.87 bits per heavy atom. The molecule has 2 aromatic heterocycles. The van der Waals surface area contributed by atoms with Gasteiger partial charge in [0.05, 0.1) is 30.2 Å². The summed E-state index contributed by atoms with van der Waals surface area (Å²) in [7, 11) is 1.56. The highest BCUT2D eigenvalue weighted by Gasteiger charge is 2.36. The number of alkyl halides is 1. The van der Waals surface area contributed by atoms with Crippen LogP contribution in [0, 0.1) is 0 Å². The molecular formula is C25H27FN2O3. The summed E-state index contributed by atoms with van der Waals surface area (Å²) < 4.78 is 21.8. The van der Waals surface area contributed by atoms with Gasteiger partial charge in [0.25, 0.3) is 5.56 Å². The number of carbonyl (C=O) groups is 1. The van der Waals surface area contributed by atoms with Crippen molar-refractivity contribution in [1.29, 1.82) is 0 Å². The normalized spacial score (nSPS) is 19.7. The maximum atomic E-state index is 14.8. The minimum Gasteiger partial charge on any atom is -0.380 e. The lowest BCUT2D eigenvalue weighted by molar-refractivity contribution is -0.109. The fraction of sp³-hybridized carbons (Fsp3) is 0.480. The Morgan fingerprint density at radius 1 is 1.35 bits per heavy atom. The van der Waals surface area contributed by atoms with Crippen molar-refractivity contribution in [3.05, 3.63) is 55.5 Å². The summed E-state index contributed by atoms with van der Waals surface area (Å²) in [5.74, 6) is -0.365. The molecule has 3 aliphatic rings. The average molecular weight is 423 g/mol. The maximum absolute atomic E-state index is 14.8. The highest BCUT2D eigenvalue weighted by atomic mass is 19.1. The van der Waals surface area contributed by atoms with E-state index >= 15 is 0 Å². The first-order valence-electron chi connectivity index (χ1n) is 11.1. The average Bonchev–Trinajstić information content (AvgIpc) is 3.14. The van der Waals surface area contributed by atoms with Gasteiger partial charge in [-0.2, -0.15) is 0 Å². The first kappa shape index (κ1) is 20.3. The molecule has 0 amide bonds. The standard InChI is InChI=1S/C25H27FN2O3/c1-4-14(11-29)17-8-22-24-18(10-28(22)25(30)19(17)12-31-3)16-7-5-6-15-13(2)20(26)9-21(27-24)23(15)16/h8,11,14,20H,4-7,9-10,12H2,1-3H3. The van der Waals surface area contributed by atoms with Gasteiger partial charge in [0.15, 0.2) is 0 Å². The van der Waals surface area contributed by atoms with E-state index in [1.165, 1.54) is 5.56 Å². The van der Waals surface area contributed by atoms with Gasteiger partial charge in [-0.15, -0.1) is 0 Å². The van der Waals surface area contributed by atoms with Gasteiger partial charge in [-0.3, -0.25) is 9.78 Å². The van der Waals surface area contributed by atoms with Gasteiger partial charge in [0.1, 0.15) is 12.5 Å². The van der Waals surface area contributed by atoms with Crippen LogP contribution in [-0.2, 0) is 35.5 Å². The van der Waals surface area contributed by atoms with Crippen molar-refractivity contribution in [2.45, 2.75) is 71.2 Å². The summed E-state index contributed by atoms with van der Waals surface area (Å²) >= 11 is 0. The molecule has 2 aliphatic carbocycles. The number of hydrogen-bond acceptors (Lipinski definition) is 4. The lowest BCUT2D eigenvalue weighted by atomic mass is 9.76. The first-order valence-corrected chi connectivity index (χ1v) is 11.1. The third-order valence-corrected chi connectivity index (χ3v) is 7.25. The molecule has 2 atom stereocenters. The summed E-state index contributed by atoms with van der Waals surface area (Å²) in [4.78, 5) is 30.1. The van der Waals surface area contributed by atoms with Crippen LogP contribution in [0.25, 0.3) is 17.0 Å². The Bertz CT molecular complexity index is 1190. The number of fused-ring (bicyclic) bond motifs is 4. The van der Waals surface area contributed by atoms with Crippen LogP contribution in [0.3, 0.4) is 0 Å². The maximum Gasteiger partial charge on any atom is 0.257 e. The van der Waals surface area contributed by atoms with Gasteiger partial charge in [0.2, 0.25) is 0 Å². The summed E-state index contributed by atoms with van der Waals surface area (Å²) in [5.41, 5.74) is 8.86. The molecule has 0 saturated carbocycles. The molecule has 0 fully saturated rings. The van der Waals surface area contributed by atoms with E-state index in [0.717, 1.165) is 70.5 Å². The Hall–Kier alpha value is -2.60. The van der Waals surface area contributed by atoms with Crippen LogP contribution in [0.5, 0.6) is 0 Å². The second-order valence-electron chi connectivity index (χ2n) is 8.86. The predicted octanol–water partition coefficient (Wildman–Crippen LogP) is 4.11. The Labute approximate surface area is 181 Å². The number of pyridine rings is 2. The predicted molar refractivity (Wildman–Crippen MR) is 117 cm³/mol. The van der Waals surface area contributed by atoms with E-state index < -0.39 is 6.17 Å². The van der Waals surface area contributed by atoms with Crippen molar-refractivity contribution < 1.29 is 13.9 Å². The molecular weight excluding hydrogens is 395 g/mol. The van der Waals surface area contributed by atoms with E-state index in [4.69, 9.17) is 9.72 Å². The molecule has 0 bridgehead atoms. The molecule has 0 aromatic carbocycles. The van der Waals surface area contributed by atoms with E-state index in [-0.39, 0.29) is 24.5 Å². The van der Waals surface area contributed by atoms with Gasteiger partial charge in [-0.05, 0) is 60.9 Å². The van der Waals surface area contributed by atoms with Gasteiger partial charge in [-0.25, -0.2) is 4.39 Å². The zero-order valence-corrected chi connectivity index (χ0v) is 18.3. The summed E-state index contributed by atoms with van der Waals surface area (Å²) in [5, 5.41) is 0. The van der Waals surface area contributed by atoms with Crippen molar-refractivity contribution in [2.24, 2.45) is 0 Å². The fourth-order valence-corrected chi connectivity index (χ4v) is 5.59. The highest BCUT2D eigenvalue weighted by molar-refractivity contribution is 5.81. The van der Waals surface area contributed by atoms with Gasteiger partial charge < -0.3 is 14.1 Å². The molecule has 2 aromatic rings. The lowest BCUT2D eigenvalue weighted by Crippen LogP contribution is -2.26. The molecule has 3 heterocycles. The van der Waals surface area contributed by atoms with Crippen molar-refractivity contribution in [3.63, 3.8) is 0 Å². The fourth-order valence-electron chi connectivity index (χ4n) is 5.59. The number of nitrogens with zero attached hydrogens (tertiary/aromatic N) is 2. The topological polar surface area (TPSA) is 61.2 Å². The van der Waals surface area contributed by atoms with Crippen LogP contribution in [0.4, 0.5) is 4.39 Å². The van der Waals surface area contributed by atoms with Crippen LogP contribution < -0.4 is 5.56 Å². The Morgan fingerprint density at radius 2 is 2.16 bits per heavy atom. The van der Waals surface area contributed by atoms with E-state index in [0.29, 0.717) is 18.5 Å². The number of halogens is 1. The number of ether oxygens (including phenoxy) is 1. The third kappa shape index (κ3) is 2.88. The monoisotopic (exact) mass is 422 g/mol. The molecule has 5 rings (SSSR count). The second kappa shape index (κ2) is 7.52. The van der Waals surface area contributed by atoms with Crippen molar-refractivity contribution in [3.8, 4) is 11.4 Å². The molecule has 0 spiro atoms. The van der Waals surface area contributed by atoms with E-state index in [2.05, 4.69) is 0 Å². The molecule has 0 radical (unpaired) electrons. The van der Waals surface area contributed by atoms with Gasteiger partial charge >= 0.3 is 0 Å². The first-order chi connectivity index (χ1) is 15.0. The number of methoxy groups -OCH3 is 1. The van der Waals surface area contributed by atoms with Crippen LogP contribution in [0.15, 0.2) is 16.4 Å². The van der Waals surface area contributed by atoms with Gasteiger partial charge in [0, 0.05) is 36.1 Å². The number of hydrogen-bond donors (Lipinski definition) is 0. The minimum atomic E-state index is -0.998. The summed E-state index contributed by atoms with van der Waals surface area (Å²) in [6.07, 6.45) is 3.59. The molecule has 2 unspecified atom stereocenters. The molecule has 5 nitrogen and oxygen atoms in total. The van der Waals surface area contributed by atoms with Crippen LogP contribution in [0.1, 0.15) is 72.5 Å². The molecule has 0 N–H and O–H groups in total. The molecule has 6 heteroatoms. The molecule has 162 valence electrons. The number of aldehydes is 1. The number of rotatable bonds is 5. The van der Waals surface area contributed by atoms with Gasteiger partial charge in [-0.1, -0.05) is 6.92 Å². The van der Waals surface area contributed by atoms with Crippen molar-refractivity contribution in [1.82, 2.24) is 9.55 Å². The number of aromatic nitrogens is 2. The van der Waals surface area contributed by atoms with E-state index in [9.17, 15) is 14.0 Å². The van der Waals surface area contributed by atoms with Crippen LogP contribution in [-0.4, -0.2) is 29.1 Å². The van der Waals surface area contributed by atoms with Crippen LogP contribution in [0.2, 0.25) is 0 Å². The molecule has 1 aliphatic heterocycles. The lowest BCUT2D eigenvalue weighted by Gasteiger charge is -2.31. The Balaban J connectivity index is 1.77. The largest absolute Gasteiger partial charge is 0.380 e. The summed E-state index contributed by atoms with van der Waals surface area (Å²) in [6.45, 7) is 4.48. The minimum absolute atomic E-state index is 0.121. The highest BCUT2D eigenvalue weighted by Crippen LogP contribution is 2.46. The van der Waals surface area contributed by atoms with Crippen molar-refractivity contribution >= 4 is 11.9 Å². The molecule has 31 heavy (non-hydrogen) atoms. The smallest absolute Gasteiger partial charge is 0.257 e. The third-order valence-electron chi connectivity index (χ3n) is 7.25. The number of allylic oxidation sites excluding steroid dienone is 2. The van der Waals surface area contributed by atoms with Crippen LogP contribution >= 0.6 is 0 Å². The van der Waals surface area contributed by atoms with E-state index in [1.54, 1.807) is 11.7 Å². The van der Waals surface area contributed by atoms with E-state index in [1.807, 2.05) is 19.9 Å². The quantitative estimate of drug-likeness (QED) is 0.581. The van der Waals surface area contributed by atoms with Crippen molar-refractivity contribution in [2.75, 3.05) is 7.11 Å². The SMILES string of the molecule is CCC(C=O)c1cc2n(c(=O)c1COC)Cc1c-2nc2c3c1CCCC3=C(C)C(F)C2. The Kier molecular flexibility index (Phi) is 4.93. The number of carbonyl (C=O) groups excluding carboxylic acids is 1.